The number of hydrogen-bond acceptors (Lipinski definition) is 2. The monoisotopic (exact) mass is 237 g/mol. The number of aromatic nitrogens is 1. The molecule has 2 rings (SSSR count). The number of para-hydroxylation sites is 1. The van der Waals surface area contributed by atoms with E-state index in [4.69, 9.17) is 11.6 Å². The van der Waals surface area contributed by atoms with E-state index in [1.807, 2.05) is 18.2 Å². The Kier molecular flexibility index (Phi) is 5.23. The number of fused-ring (bicyclic) bond motifs is 1. The van der Waals surface area contributed by atoms with Crippen molar-refractivity contribution in [2.75, 3.05) is 14.2 Å². The van der Waals surface area contributed by atoms with Gasteiger partial charge in [-0.3, -0.25) is 0 Å². The van der Waals surface area contributed by atoms with Gasteiger partial charge in [0.1, 0.15) is 5.15 Å². The molecule has 0 atom stereocenters. The number of hydrogen-bond donors (Lipinski definition) is 0. The summed E-state index contributed by atoms with van der Waals surface area (Å²) in [6.45, 7) is 2.08. The van der Waals surface area contributed by atoms with Crippen LogP contribution in [0.1, 0.15) is 12.5 Å². The zero-order valence-corrected chi connectivity index (χ0v) is 10.6. The van der Waals surface area contributed by atoms with E-state index < -0.39 is 0 Å². The van der Waals surface area contributed by atoms with Crippen molar-refractivity contribution in [2.45, 2.75) is 13.3 Å². The number of pyridine rings is 1. The van der Waals surface area contributed by atoms with Gasteiger partial charge in [-0.2, -0.15) is 0 Å². The first-order chi connectivity index (χ1) is 7.72. The van der Waals surface area contributed by atoms with Gasteiger partial charge in [0.2, 0.25) is 0 Å². The number of ether oxygens (including phenoxy) is 1. The van der Waals surface area contributed by atoms with Crippen LogP contribution in [0.25, 0.3) is 10.9 Å². The van der Waals surface area contributed by atoms with Crippen molar-refractivity contribution in [1.29, 1.82) is 0 Å². The molecule has 0 radical (unpaired) electrons. The number of halogens is 1. The summed E-state index contributed by atoms with van der Waals surface area (Å²) in [7, 11) is 3.25. The lowest BCUT2D eigenvalue weighted by atomic mass is 10.1. The molecule has 0 fully saturated rings. The number of benzene rings is 1. The first-order valence-corrected chi connectivity index (χ1v) is 5.55. The van der Waals surface area contributed by atoms with E-state index in [1.165, 1.54) is 0 Å². The molecule has 0 saturated heterocycles. The lowest BCUT2D eigenvalue weighted by molar-refractivity contribution is 0.277. The van der Waals surface area contributed by atoms with Crippen LogP contribution < -0.4 is 0 Å². The maximum Gasteiger partial charge on any atom is 0.132 e. The Hall–Kier alpha value is -1.12. The average molecular weight is 238 g/mol. The van der Waals surface area contributed by atoms with Crippen LogP contribution in [0.5, 0.6) is 0 Å². The first kappa shape index (κ1) is 12.9. The lowest BCUT2D eigenvalue weighted by Gasteiger charge is -2.02. The molecule has 0 N–H and O–H groups in total. The van der Waals surface area contributed by atoms with E-state index in [1.54, 1.807) is 14.2 Å². The molecule has 86 valence electrons. The highest BCUT2D eigenvalue weighted by molar-refractivity contribution is 6.30. The lowest BCUT2D eigenvalue weighted by Crippen LogP contribution is -1.87. The second kappa shape index (κ2) is 6.46. The minimum Gasteiger partial charge on any atom is -0.388 e. The number of rotatable bonds is 1. The van der Waals surface area contributed by atoms with Gasteiger partial charge in [-0.1, -0.05) is 36.7 Å². The van der Waals surface area contributed by atoms with Crippen molar-refractivity contribution in [1.82, 2.24) is 4.98 Å². The molecule has 0 spiro atoms. The summed E-state index contributed by atoms with van der Waals surface area (Å²) in [4.78, 5) is 4.31. The molecule has 0 unspecified atom stereocenters. The largest absolute Gasteiger partial charge is 0.388 e. The second-order valence-electron chi connectivity index (χ2n) is 3.39. The molecule has 0 aliphatic rings. The van der Waals surface area contributed by atoms with Crippen molar-refractivity contribution in [2.24, 2.45) is 0 Å². The zero-order chi connectivity index (χ0) is 12.0. The minimum absolute atomic E-state index is 0.626. The highest BCUT2D eigenvalue weighted by atomic mass is 35.5. The van der Waals surface area contributed by atoms with Crippen molar-refractivity contribution < 1.29 is 4.74 Å². The van der Waals surface area contributed by atoms with E-state index in [-0.39, 0.29) is 0 Å². The maximum absolute atomic E-state index is 5.99. The molecule has 0 aliphatic heterocycles. The number of nitrogens with zero attached hydrogens (tertiary/aromatic N) is 1. The van der Waals surface area contributed by atoms with E-state index in [0.29, 0.717) is 5.15 Å². The third kappa shape index (κ3) is 3.19. The van der Waals surface area contributed by atoms with Crippen molar-refractivity contribution in [3.05, 3.63) is 41.0 Å². The predicted octanol–water partition coefficient (Wildman–Crippen LogP) is 3.71. The SMILES string of the molecule is CCc1cc2ccccc2nc1Cl.COC. The Balaban J connectivity index is 0.000000386. The van der Waals surface area contributed by atoms with Crippen LogP contribution in [0.4, 0.5) is 0 Å². The Labute approximate surface area is 101 Å². The molecule has 0 aliphatic carbocycles. The molecule has 0 saturated carbocycles. The predicted molar refractivity (Wildman–Crippen MR) is 69.1 cm³/mol. The van der Waals surface area contributed by atoms with Gasteiger partial charge in [0.25, 0.3) is 0 Å². The average Bonchev–Trinajstić information content (AvgIpc) is 2.29. The third-order valence-electron chi connectivity index (χ3n) is 2.13. The van der Waals surface area contributed by atoms with Crippen LogP contribution in [0.3, 0.4) is 0 Å². The minimum atomic E-state index is 0.626. The topological polar surface area (TPSA) is 22.1 Å². The van der Waals surface area contributed by atoms with Gasteiger partial charge in [0, 0.05) is 19.6 Å². The number of methoxy groups -OCH3 is 1. The normalized spacial score (nSPS) is 9.75. The molecule has 1 heterocycles. The maximum atomic E-state index is 5.99. The Morgan fingerprint density at radius 1 is 1.25 bits per heavy atom. The van der Waals surface area contributed by atoms with E-state index in [0.717, 1.165) is 22.9 Å². The third-order valence-corrected chi connectivity index (χ3v) is 2.46. The Morgan fingerprint density at radius 3 is 2.50 bits per heavy atom. The fourth-order valence-electron chi connectivity index (χ4n) is 1.38. The summed E-state index contributed by atoms with van der Waals surface area (Å²) in [5.74, 6) is 0. The van der Waals surface area contributed by atoms with Gasteiger partial charge in [-0.05, 0) is 24.1 Å². The van der Waals surface area contributed by atoms with Gasteiger partial charge in [-0.25, -0.2) is 4.98 Å². The molecule has 1 aromatic carbocycles. The molecule has 16 heavy (non-hydrogen) atoms. The molecule has 1 aromatic heterocycles. The van der Waals surface area contributed by atoms with E-state index in [9.17, 15) is 0 Å². The number of aryl methyl sites for hydroxylation is 1. The molecule has 0 bridgehead atoms. The van der Waals surface area contributed by atoms with Crippen molar-refractivity contribution in [3.63, 3.8) is 0 Å². The van der Waals surface area contributed by atoms with Crippen LogP contribution >= 0.6 is 11.6 Å². The summed E-state index contributed by atoms with van der Waals surface area (Å²) in [6, 6.07) is 10.1. The smallest absolute Gasteiger partial charge is 0.132 e. The highest BCUT2D eigenvalue weighted by Crippen LogP contribution is 2.20. The summed E-state index contributed by atoms with van der Waals surface area (Å²) in [5, 5.41) is 1.78. The Morgan fingerprint density at radius 2 is 1.88 bits per heavy atom. The fourth-order valence-corrected chi connectivity index (χ4v) is 1.66. The molecule has 3 heteroatoms. The van der Waals surface area contributed by atoms with Crippen LogP contribution in [-0.2, 0) is 11.2 Å². The molecular weight excluding hydrogens is 222 g/mol. The van der Waals surface area contributed by atoms with Gasteiger partial charge in [-0.15, -0.1) is 0 Å². The van der Waals surface area contributed by atoms with Crippen LogP contribution in [0.15, 0.2) is 30.3 Å². The van der Waals surface area contributed by atoms with Crippen LogP contribution in [0, 0.1) is 0 Å². The van der Waals surface area contributed by atoms with E-state index in [2.05, 4.69) is 28.8 Å². The summed E-state index contributed by atoms with van der Waals surface area (Å²) >= 11 is 5.99. The zero-order valence-electron chi connectivity index (χ0n) is 9.83. The highest BCUT2D eigenvalue weighted by Gasteiger charge is 2.01. The van der Waals surface area contributed by atoms with Gasteiger partial charge < -0.3 is 4.74 Å². The van der Waals surface area contributed by atoms with Crippen molar-refractivity contribution in [3.8, 4) is 0 Å². The van der Waals surface area contributed by atoms with Gasteiger partial charge >= 0.3 is 0 Å². The Bertz CT molecular complexity index is 457. The molecule has 2 aromatic rings. The van der Waals surface area contributed by atoms with Crippen molar-refractivity contribution >= 4 is 22.5 Å². The first-order valence-electron chi connectivity index (χ1n) is 5.17. The molecule has 0 amide bonds. The molecule has 2 nitrogen and oxygen atoms in total. The quantitative estimate of drug-likeness (QED) is 0.706. The van der Waals surface area contributed by atoms with E-state index >= 15 is 0 Å². The van der Waals surface area contributed by atoms with Crippen LogP contribution in [-0.4, -0.2) is 19.2 Å². The summed E-state index contributed by atoms with van der Waals surface area (Å²) < 4.78 is 4.25. The van der Waals surface area contributed by atoms with Crippen LogP contribution in [0.2, 0.25) is 5.15 Å². The second-order valence-corrected chi connectivity index (χ2v) is 3.75. The molecular formula is C13H16ClNO. The summed E-state index contributed by atoms with van der Waals surface area (Å²) in [6.07, 6.45) is 0.927. The summed E-state index contributed by atoms with van der Waals surface area (Å²) in [5.41, 5.74) is 2.07. The standard InChI is InChI=1S/C11H10ClN.C2H6O/c1-2-8-7-9-5-3-4-6-10(9)13-11(8)12;1-3-2/h3-7H,2H2,1H3;1-2H3. The fraction of sp³-hybridized carbons (Fsp3) is 0.308. The van der Waals surface area contributed by atoms with Gasteiger partial charge in [0.05, 0.1) is 5.52 Å². The van der Waals surface area contributed by atoms with Gasteiger partial charge in [0.15, 0.2) is 0 Å².